The molecule has 1 atom stereocenters. The minimum absolute atomic E-state index is 0.131. The summed E-state index contributed by atoms with van der Waals surface area (Å²) in [5.74, 6) is -1.35. The van der Waals surface area contributed by atoms with Crippen LogP contribution in [0.2, 0.25) is 0 Å². The molecule has 22 heavy (non-hydrogen) atoms. The molecule has 1 saturated carbocycles. The smallest absolute Gasteiger partial charge is 0.262 e. The van der Waals surface area contributed by atoms with Gasteiger partial charge >= 0.3 is 0 Å². The van der Waals surface area contributed by atoms with E-state index in [1.807, 2.05) is 0 Å². The van der Waals surface area contributed by atoms with Crippen LogP contribution in [0, 0.1) is 0 Å². The molecule has 1 fully saturated rings. The summed E-state index contributed by atoms with van der Waals surface area (Å²) in [4.78, 5) is 49.6. The first-order valence-electron chi connectivity index (χ1n) is 7.23. The number of benzene rings is 1. The molecule has 1 heterocycles. The Balaban J connectivity index is 1.98. The van der Waals surface area contributed by atoms with E-state index in [1.54, 1.807) is 25.2 Å². The molecule has 6 nitrogen and oxygen atoms in total. The molecule has 114 valence electrons. The normalized spacial score (nSPS) is 21.5. The fourth-order valence-electron chi connectivity index (χ4n) is 3.13. The molecule has 1 aromatic rings. The Hall–Kier alpha value is -2.34. The van der Waals surface area contributed by atoms with Gasteiger partial charge in [-0.3, -0.25) is 24.1 Å². The summed E-state index contributed by atoms with van der Waals surface area (Å²) in [5, 5.41) is 2.96. The maximum atomic E-state index is 12.7. The summed E-state index contributed by atoms with van der Waals surface area (Å²) < 4.78 is 0. The molecule has 0 aromatic heterocycles. The number of imide groups is 1. The van der Waals surface area contributed by atoms with Gasteiger partial charge in [-0.15, -0.1) is 0 Å². The van der Waals surface area contributed by atoms with Crippen LogP contribution in [0.25, 0.3) is 0 Å². The number of carbonyl (C=O) groups is 4. The lowest BCUT2D eigenvalue weighted by atomic mass is 9.92. The van der Waals surface area contributed by atoms with Crippen molar-refractivity contribution in [2.24, 2.45) is 0 Å². The lowest BCUT2D eigenvalue weighted by Gasteiger charge is -2.27. The van der Waals surface area contributed by atoms with Gasteiger partial charge in [-0.25, -0.2) is 0 Å². The molecule has 0 spiro atoms. The first-order valence-corrected chi connectivity index (χ1v) is 7.23. The van der Waals surface area contributed by atoms with Gasteiger partial charge in [-0.2, -0.15) is 0 Å². The highest BCUT2D eigenvalue weighted by Gasteiger charge is 2.45. The van der Waals surface area contributed by atoms with E-state index >= 15 is 0 Å². The fourth-order valence-corrected chi connectivity index (χ4v) is 3.13. The molecule has 2 amide bonds. The van der Waals surface area contributed by atoms with Crippen LogP contribution in [0.4, 0.5) is 0 Å². The highest BCUT2D eigenvalue weighted by molar-refractivity contribution is 6.24. The number of Topliss-reactive ketones (excluding diaryl/α,β-unsaturated/α-hetero) is 2. The zero-order valence-corrected chi connectivity index (χ0v) is 12.2. The third-order valence-corrected chi connectivity index (χ3v) is 4.15. The van der Waals surface area contributed by atoms with E-state index in [-0.39, 0.29) is 30.8 Å². The first-order chi connectivity index (χ1) is 10.5. The van der Waals surface area contributed by atoms with Crippen molar-refractivity contribution in [3.05, 3.63) is 34.9 Å². The second-order valence-electron chi connectivity index (χ2n) is 5.59. The molecule has 6 heteroatoms. The lowest BCUT2D eigenvalue weighted by molar-refractivity contribution is -0.132. The Morgan fingerprint density at radius 3 is 2.64 bits per heavy atom. The van der Waals surface area contributed by atoms with Crippen molar-refractivity contribution in [1.82, 2.24) is 10.2 Å². The zero-order valence-electron chi connectivity index (χ0n) is 12.2. The summed E-state index contributed by atoms with van der Waals surface area (Å²) >= 11 is 0. The lowest BCUT2D eigenvalue weighted by Crippen LogP contribution is -2.47. The number of rotatable bonds is 3. The number of nitrogens with one attached hydrogen (secondary N) is 1. The largest absolute Gasteiger partial charge is 0.316 e. The molecule has 1 N–H and O–H groups in total. The monoisotopic (exact) mass is 300 g/mol. The number of amides is 2. The Labute approximate surface area is 127 Å². The van der Waals surface area contributed by atoms with Gasteiger partial charge in [0, 0.05) is 13.0 Å². The number of carbonyl (C=O) groups excluding carboxylic acids is 4. The predicted molar refractivity (Wildman–Crippen MR) is 77.4 cm³/mol. The van der Waals surface area contributed by atoms with Gasteiger partial charge in [0.05, 0.1) is 23.6 Å². The van der Waals surface area contributed by atoms with Crippen molar-refractivity contribution in [3.8, 4) is 0 Å². The average molecular weight is 300 g/mol. The molecule has 0 bridgehead atoms. The van der Waals surface area contributed by atoms with Crippen LogP contribution in [0.15, 0.2) is 18.2 Å². The quantitative estimate of drug-likeness (QED) is 0.656. The maximum absolute atomic E-state index is 12.7. The third kappa shape index (κ3) is 2.16. The second-order valence-corrected chi connectivity index (χ2v) is 5.59. The van der Waals surface area contributed by atoms with Crippen molar-refractivity contribution >= 4 is 23.4 Å². The Kier molecular flexibility index (Phi) is 3.62. The second kappa shape index (κ2) is 5.46. The van der Waals surface area contributed by atoms with E-state index in [4.69, 9.17) is 0 Å². The third-order valence-electron chi connectivity index (χ3n) is 4.15. The topological polar surface area (TPSA) is 83.6 Å². The number of hydrogen-bond donors (Lipinski definition) is 1. The molecule has 0 saturated heterocycles. The van der Waals surface area contributed by atoms with E-state index < -0.39 is 17.9 Å². The minimum atomic E-state index is -0.812. The van der Waals surface area contributed by atoms with E-state index in [9.17, 15) is 19.2 Å². The predicted octanol–water partition coefficient (Wildman–Crippen LogP) is 0.693. The van der Waals surface area contributed by atoms with Crippen LogP contribution >= 0.6 is 0 Å². The molecular weight excluding hydrogens is 284 g/mol. The van der Waals surface area contributed by atoms with Crippen LogP contribution in [0.1, 0.15) is 45.5 Å². The van der Waals surface area contributed by atoms with Gasteiger partial charge < -0.3 is 5.32 Å². The number of hydrogen-bond acceptors (Lipinski definition) is 5. The molecule has 0 radical (unpaired) electrons. The Bertz CT molecular complexity index is 695. The van der Waals surface area contributed by atoms with E-state index in [1.165, 1.54) is 0 Å². The minimum Gasteiger partial charge on any atom is -0.316 e. The SMILES string of the molecule is CNCc1cccc2c1C(=O)N(C1CCC(=O)CC1=O)C2=O. The number of nitrogens with zero attached hydrogens (tertiary/aromatic N) is 1. The number of ketones is 2. The average Bonchev–Trinajstić information content (AvgIpc) is 2.73. The molecule has 1 aliphatic carbocycles. The van der Waals surface area contributed by atoms with Crippen LogP contribution in [-0.2, 0) is 16.1 Å². The van der Waals surface area contributed by atoms with Gasteiger partial charge in [-0.1, -0.05) is 12.1 Å². The van der Waals surface area contributed by atoms with Crippen molar-refractivity contribution < 1.29 is 19.2 Å². The van der Waals surface area contributed by atoms with Crippen LogP contribution < -0.4 is 5.32 Å². The maximum Gasteiger partial charge on any atom is 0.262 e. The van der Waals surface area contributed by atoms with Gasteiger partial charge in [0.15, 0.2) is 5.78 Å². The van der Waals surface area contributed by atoms with Crippen LogP contribution in [-0.4, -0.2) is 41.4 Å². The highest BCUT2D eigenvalue weighted by atomic mass is 16.2. The van der Waals surface area contributed by atoms with Gasteiger partial charge in [0.1, 0.15) is 5.78 Å². The molecule has 1 aromatic carbocycles. The first kappa shape index (κ1) is 14.6. The highest BCUT2D eigenvalue weighted by Crippen LogP contribution is 2.30. The van der Waals surface area contributed by atoms with Gasteiger partial charge in [-0.05, 0) is 25.1 Å². The summed E-state index contributed by atoms with van der Waals surface area (Å²) in [5.41, 5.74) is 1.44. The fraction of sp³-hybridized carbons (Fsp3) is 0.375. The molecule has 3 rings (SSSR count). The van der Waals surface area contributed by atoms with Crippen molar-refractivity contribution in [3.63, 3.8) is 0 Å². The van der Waals surface area contributed by atoms with Crippen LogP contribution in [0.3, 0.4) is 0 Å². The molecule has 1 aliphatic heterocycles. The van der Waals surface area contributed by atoms with E-state index in [0.29, 0.717) is 17.7 Å². The molecule has 1 unspecified atom stereocenters. The van der Waals surface area contributed by atoms with E-state index in [0.717, 1.165) is 10.5 Å². The summed E-state index contributed by atoms with van der Waals surface area (Å²) in [7, 11) is 1.76. The summed E-state index contributed by atoms with van der Waals surface area (Å²) in [6.45, 7) is 0.465. The van der Waals surface area contributed by atoms with Gasteiger partial charge in [0.25, 0.3) is 11.8 Å². The van der Waals surface area contributed by atoms with E-state index in [2.05, 4.69) is 5.32 Å². The van der Waals surface area contributed by atoms with Gasteiger partial charge in [0.2, 0.25) is 0 Å². The summed E-state index contributed by atoms with van der Waals surface area (Å²) in [6.07, 6.45) is 0.263. The van der Waals surface area contributed by atoms with Crippen molar-refractivity contribution in [2.45, 2.75) is 31.8 Å². The molecular formula is C16H16N2O4. The van der Waals surface area contributed by atoms with Crippen LogP contribution in [0.5, 0.6) is 0 Å². The Morgan fingerprint density at radius 1 is 1.18 bits per heavy atom. The van der Waals surface area contributed by atoms with Crippen molar-refractivity contribution in [2.75, 3.05) is 7.05 Å². The number of fused-ring (bicyclic) bond motifs is 1. The zero-order chi connectivity index (χ0) is 15.9. The van der Waals surface area contributed by atoms with Crippen molar-refractivity contribution in [1.29, 1.82) is 0 Å². The molecule has 2 aliphatic rings. The standard InChI is InChI=1S/C16H16N2O4/c1-17-8-9-3-2-4-11-14(9)16(22)18(15(11)21)12-6-5-10(19)7-13(12)20/h2-4,12,17H,5-8H2,1H3. The Morgan fingerprint density at radius 2 is 1.95 bits per heavy atom. The summed E-state index contributed by atoms with van der Waals surface area (Å²) in [6, 6.07) is 4.31.